The summed E-state index contributed by atoms with van der Waals surface area (Å²) in [6, 6.07) is 0.736. The molecule has 2 amide bonds. The fourth-order valence-corrected chi connectivity index (χ4v) is 3.41. The molecule has 0 aliphatic carbocycles. The van der Waals surface area contributed by atoms with E-state index in [4.69, 9.17) is 14.2 Å². The van der Waals surface area contributed by atoms with Crippen molar-refractivity contribution in [3.63, 3.8) is 0 Å². The number of aromatic nitrogens is 1. The monoisotopic (exact) mass is 452 g/mol. The molecule has 1 aromatic rings. The Morgan fingerprint density at radius 2 is 1.72 bits per heavy atom. The van der Waals surface area contributed by atoms with Crippen LogP contribution in [0.5, 0.6) is 0 Å². The number of pyridine rings is 1. The van der Waals surface area contributed by atoms with Crippen molar-refractivity contribution in [1.29, 1.82) is 0 Å². The maximum Gasteiger partial charge on any atom is 0.420 e. The second-order valence-corrected chi connectivity index (χ2v) is 9.53. The van der Waals surface area contributed by atoms with Gasteiger partial charge in [0.1, 0.15) is 23.1 Å². The number of rotatable bonds is 4. The van der Waals surface area contributed by atoms with Gasteiger partial charge in [-0.1, -0.05) is 0 Å². The number of methoxy groups -OCH3 is 1. The molecule has 1 saturated heterocycles. The predicted molar refractivity (Wildman–Crippen MR) is 117 cm³/mol. The second kappa shape index (κ2) is 9.68. The zero-order valence-electron chi connectivity index (χ0n) is 19.7. The SMILES string of the molecule is CO[C@H]1CCN(c2ccncc2[N+](=O)[O-])C[C@@H]1N(C(=O)OC(C)(C)C)C(=O)OC(C)(C)C. The third-order valence-electron chi connectivity index (χ3n) is 4.65. The standard InChI is InChI=1S/C21H32N4O7/c1-20(2,3)31-18(26)24(19(27)32-21(4,5)6)16-13-23(11-9-17(16)30-7)14-8-10-22-12-15(14)25(28)29/h8,10,12,16-17H,9,11,13H2,1-7H3/t16-,17-/m0/s1. The lowest BCUT2D eigenvalue weighted by atomic mass is 10.00. The minimum Gasteiger partial charge on any atom is -0.443 e. The Morgan fingerprint density at radius 3 is 2.19 bits per heavy atom. The van der Waals surface area contributed by atoms with Crippen LogP contribution >= 0.6 is 0 Å². The first-order valence-electron chi connectivity index (χ1n) is 10.3. The van der Waals surface area contributed by atoms with Gasteiger partial charge in [0.05, 0.1) is 17.1 Å². The van der Waals surface area contributed by atoms with Crippen LogP contribution in [0.25, 0.3) is 0 Å². The molecule has 2 atom stereocenters. The molecule has 11 nitrogen and oxygen atoms in total. The highest BCUT2D eigenvalue weighted by Gasteiger charge is 2.44. The number of hydrogen-bond donors (Lipinski definition) is 0. The largest absolute Gasteiger partial charge is 0.443 e. The van der Waals surface area contributed by atoms with Crippen molar-refractivity contribution in [3.05, 3.63) is 28.6 Å². The maximum atomic E-state index is 13.1. The summed E-state index contributed by atoms with van der Waals surface area (Å²) < 4.78 is 16.5. The highest BCUT2D eigenvalue weighted by molar-refractivity contribution is 5.89. The Hall–Kier alpha value is -2.95. The molecule has 2 heterocycles. The fraction of sp³-hybridized carbons (Fsp3) is 0.667. The molecule has 1 aromatic heterocycles. The molecule has 1 fully saturated rings. The maximum absolute atomic E-state index is 13.1. The normalized spacial score (nSPS) is 19.3. The Balaban J connectivity index is 2.45. The number of carbonyl (C=O) groups is 2. The molecule has 0 radical (unpaired) electrons. The van der Waals surface area contributed by atoms with Crippen LogP contribution in [0.3, 0.4) is 0 Å². The molecular weight excluding hydrogens is 420 g/mol. The van der Waals surface area contributed by atoms with Gasteiger partial charge in [0.15, 0.2) is 0 Å². The number of piperidine rings is 1. The molecular formula is C21H32N4O7. The van der Waals surface area contributed by atoms with Crippen LogP contribution in [-0.2, 0) is 14.2 Å². The van der Waals surface area contributed by atoms with Crippen molar-refractivity contribution in [1.82, 2.24) is 9.88 Å². The fourth-order valence-electron chi connectivity index (χ4n) is 3.41. The second-order valence-electron chi connectivity index (χ2n) is 9.53. The van der Waals surface area contributed by atoms with Gasteiger partial charge < -0.3 is 19.1 Å². The van der Waals surface area contributed by atoms with Crippen molar-refractivity contribution >= 4 is 23.6 Å². The van der Waals surface area contributed by atoms with Gasteiger partial charge >= 0.3 is 17.9 Å². The summed E-state index contributed by atoms with van der Waals surface area (Å²) >= 11 is 0. The number of carbonyl (C=O) groups excluding carboxylic acids is 2. The van der Waals surface area contributed by atoms with Gasteiger partial charge in [-0.3, -0.25) is 15.1 Å². The van der Waals surface area contributed by atoms with Crippen LogP contribution in [0.15, 0.2) is 18.5 Å². The minimum absolute atomic E-state index is 0.0991. The number of nitrogens with zero attached hydrogens (tertiary/aromatic N) is 4. The molecule has 0 spiro atoms. The summed E-state index contributed by atoms with van der Waals surface area (Å²) in [5, 5.41) is 11.5. The lowest BCUT2D eigenvalue weighted by Gasteiger charge is -2.43. The number of ether oxygens (including phenoxy) is 3. The first-order valence-corrected chi connectivity index (χ1v) is 10.3. The number of imide groups is 1. The summed E-state index contributed by atoms with van der Waals surface area (Å²) in [6.07, 6.45) is 0.802. The van der Waals surface area contributed by atoms with E-state index in [1.165, 1.54) is 25.6 Å². The van der Waals surface area contributed by atoms with E-state index in [0.717, 1.165) is 4.90 Å². The third-order valence-corrected chi connectivity index (χ3v) is 4.65. The van der Waals surface area contributed by atoms with Crippen molar-refractivity contribution in [2.45, 2.75) is 71.3 Å². The van der Waals surface area contributed by atoms with Gasteiger partial charge in [0, 0.05) is 26.4 Å². The molecule has 1 aliphatic rings. The number of nitro groups is 1. The van der Waals surface area contributed by atoms with E-state index in [9.17, 15) is 19.7 Å². The van der Waals surface area contributed by atoms with E-state index in [2.05, 4.69) is 4.98 Å². The molecule has 2 rings (SSSR count). The van der Waals surface area contributed by atoms with E-state index in [1.807, 2.05) is 0 Å². The molecule has 0 aromatic carbocycles. The van der Waals surface area contributed by atoms with Gasteiger partial charge in [-0.05, 0) is 54.0 Å². The lowest BCUT2D eigenvalue weighted by Crippen LogP contribution is -2.60. The Bertz CT molecular complexity index is 819. The van der Waals surface area contributed by atoms with E-state index in [-0.39, 0.29) is 12.2 Å². The summed E-state index contributed by atoms with van der Waals surface area (Å²) in [6.45, 7) is 10.7. The highest BCUT2D eigenvalue weighted by Crippen LogP contribution is 2.32. The molecule has 0 N–H and O–H groups in total. The van der Waals surface area contributed by atoms with Gasteiger partial charge in [0.25, 0.3) is 0 Å². The zero-order chi connectivity index (χ0) is 24.3. The van der Waals surface area contributed by atoms with Crippen molar-refractivity contribution in [3.8, 4) is 0 Å². The van der Waals surface area contributed by atoms with Crippen LogP contribution in [0, 0.1) is 10.1 Å². The molecule has 178 valence electrons. The Morgan fingerprint density at radius 1 is 1.16 bits per heavy atom. The van der Waals surface area contributed by atoms with E-state index < -0.39 is 40.5 Å². The molecule has 1 aliphatic heterocycles. The van der Waals surface area contributed by atoms with Gasteiger partial charge in [0.2, 0.25) is 0 Å². The van der Waals surface area contributed by atoms with E-state index in [1.54, 1.807) is 46.4 Å². The molecule has 0 saturated carbocycles. The van der Waals surface area contributed by atoms with Crippen molar-refractivity contribution < 1.29 is 28.7 Å². The van der Waals surface area contributed by atoms with E-state index >= 15 is 0 Å². The molecule has 0 bridgehead atoms. The Labute approximate surface area is 187 Å². The first kappa shape index (κ1) is 25.3. The Kier molecular flexibility index (Phi) is 7.66. The molecule has 32 heavy (non-hydrogen) atoms. The van der Waals surface area contributed by atoms with Crippen LogP contribution < -0.4 is 4.90 Å². The van der Waals surface area contributed by atoms with Gasteiger partial charge in [-0.2, -0.15) is 0 Å². The molecule has 0 unspecified atom stereocenters. The van der Waals surface area contributed by atoms with Crippen LogP contribution in [0.4, 0.5) is 21.0 Å². The van der Waals surface area contributed by atoms with Crippen LogP contribution in [0.2, 0.25) is 0 Å². The summed E-state index contributed by atoms with van der Waals surface area (Å²) in [5.41, 5.74) is -1.52. The predicted octanol–water partition coefficient (Wildman–Crippen LogP) is 3.76. The summed E-state index contributed by atoms with van der Waals surface area (Å²) in [5.74, 6) is 0. The third kappa shape index (κ3) is 6.52. The van der Waals surface area contributed by atoms with Gasteiger partial charge in [-0.25, -0.2) is 14.5 Å². The zero-order valence-corrected chi connectivity index (χ0v) is 19.7. The quantitative estimate of drug-likeness (QED) is 0.496. The topological polar surface area (TPSA) is 124 Å². The number of amides is 2. The molecule has 11 heteroatoms. The smallest absolute Gasteiger partial charge is 0.420 e. The van der Waals surface area contributed by atoms with Crippen molar-refractivity contribution in [2.24, 2.45) is 0 Å². The summed E-state index contributed by atoms with van der Waals surface area (Å²) in [4.78, 5) is 43.6. The van der Waals surface area contributed by atoms with E-state index in [0.29, 0.717) is 18.7 Å². The van der Waals surface area contributed by atoms with Crippen LogP contribution in [0.1, 0.15) is 48.0 Å². The van der Waals surface area contributed by atoms with Crippen molar-refractivity contribution in [2.75, 3.05) is 25.1 Å². The number of anilines is 1. The lowest BCUT2D eigenvalue weighted by molar-refractivity contribution is -0.384. The average molecular weight is 453 g/mol. The van der Waals surface area contributed by atoms with Gasteiger partial charge in [-0.15, -0.1) is 0 Å². The number of hydrogen-bond acceptors (Lipinski definition) is 9. The highest BCUT2D eigenvalue weighted by atomic mass is 16.6. The minimum atomic E-state index is -0.870. The van der Waals surface area contributed by atoms with Crippen LogP contribution in [-0.4, -0.2) is 70.5 Å². The average Bonchev–Trinajstić information content (AvgIpc) is 2.65. The first-order chi connectivity index (χ1) is 14.7. The summed E-state index contributed by atoms with van der Waals surface area (Å²) in [7, 11) is 1.49.